The van der Waals surface area contributed by atoms with E-state index in [9.17, 15) is 19.5 Å². The summed E-state index contributed by atoms with van der Waals surface area (Å²) in [5, 5.41) is 28.0. The van der Waals surface area contributed by atoms with Crippen LogP contribution < -0.4 is 15.8 Å². The van der Waals surface area contributed by atoms with Gasteiger partial charge in [0.15, 0.2) is 6.04 Å². The lowest BCUT2D eigenvalue weighted by atomic mass is 10.1. The van der Waals surface area contributed by atoms with Crippen LogP contribution in [0.15, 0.2) is 46.4 Å². The maximum absolute atomic E-state index is 12.2. The average molecular weight is 415 g/mol. The molecule has 1 amide bonds. The summed E-state index contributed by atoms with van der Waals surface area (Å²) < 4.78 is 10.5. The van der Waals surface area contributed by atoms with Crippen molar-refractivity contribution in [2.24, 2.45) is 5.73 Å². The van der Waals surface area contributed by atoms with Crippen LogP contribution in [0.1, 0.15) is 35.7 Å². The Hall–Kier alpha value is -3.92. The fourth-order valence-electron chi connectivity index (χ4n) is 2.32. The number of hydrogen-bond acceptors (Lipinski definition) is 7. The van der Waals surface area contributed by atoms with Crippen LogP contribution in [0.5, 0.6) is 5.75 Å². The number of carbonyl (C=O) groups excluding carboxylic acids is 2. The largest absolute Gasteiger partial charge is 0.480 e. The summed E-state index contributed by atoms with van der Waals surface area (Å²) in [5.74, 6) is -2.68. The van der Waals surface area contributed by atoms with Gasteiger partial charge in [-0.25, -0.2) is 9.59 Å². The van der Waals surface area contributed by atoms with Crippen molar-refractivity contribution in [2.75, 3.05) is 0 Å². The molecule has 0 fully saturated rings. The molecule has 158 valence electrons. The Bertz CT molecular complexity index is 990. The van der Waals surface area contributed by atoms with Crippen LogP contribution in [0.4, 0.5) is 0 Å². The van der Waals surface area contributed by atoms with Gasteiger partial charge in [0.25, 0.3) is 0 Å². The Kier molecular flexibility index (Phi) is 7.10. The van der Waals surface area contributed by atoms with Gasteiger partial charge >= 0.3 is 11.9 Å². The second kappa shape index (κ2) is 9.52. The monoisotopic (exact) mass is 415 g/mol. The SMILES string of the molecule is C/C(=C\c1ccc(C(=O)Oc2ccc(C(=N)N)cc2)o1)C(=O)N[C@H](C(=O)O)C(C)O. The number of esters is 1. The van der Waals surface area contributed by atoms with Gasteiger partial charge in [0.2, 0.25) is 11.7 Å². The van der Waals surface area contributed by atoms with E-state index in [1.807, 2.05) is 0 Å². The molecule has 10 heteroatoms. The van der Waals surface area contributed by atoms with Gasteiger partial charge in [0.1, 0.15) is 17.3 Å². The van der Waals surface area contributed by atoms with Crippen molar-refractivity contribution in [2.45, 2.75) is 26.0 Å². The first kappa shape index (κ1) is 22.4. The predicted molar refractivity (Wildman–Crippen MR) is 106 cm³/mol. The first-order valence-electron chi connectivity index (χ1n) is 8.75. The van der Waals surface area contributed by atoms with Gasteiger partial charge in [-0.1, -0.05) is 0 Å². The molecule has 1 aromatic heterocycles. The fourth-order valence-corrected chi connectivity index (χ4v) is 2.32. The zero-order valence-electron chi connectivity index (χ0n) is 16.2. The minimum absolute atomic E-state index is 0.107. The molecule has 0 saturated heterocycles. The normalized spacial score (nSPS) is 13.2. The summed E-state index contributed by atoms with van der Waals surface area (Å²) >= 11 is 0. The van der Waals surface area contributed by atoms with Gasteiger partial charge in [0, 0.05) is 11.1 Å². The maximum atomic E-state index is 12.2. The molecule has 0 aliphatic heterocycles. The van der Waals surface area contributed by atoms with Crippen LogP contribution >= 0.6 is 0 Å². The number of aliphatic hydroxyl groups excluding tert-OH is 1. The van der Waals surface area contributed by atoms with E-state index in [1.165, 1.54) is 56.3 Å². The number of amidine groups is 1. The lowest BCUT2D eigenvalue weighted by Gasteiger charge is -2.17. The predicted octanol–water partition coefficient (Wildman–Crippen LogP) is 1.14. The van der Waals surface area contributed by atoms with Gasteiger partial charge in [0.05, 0.1) is 6.10 Å². The number of carbonyl (C=O) groups is 3. The first-order chi connectivity index (χ1) is 14.1. The van der Waals surface area contributed by atoms with E-state index < -0.39 is 30.0 Å². The van der Waals surface area contributed by atoms with Crippen molar-refractivity contribution in [1.29, 1.82) is 5.41 Å². The van der Waals surface area contributed by atoms with Crippen LogP contribution in [-0.4, -0.2) is 46.0 Å². The Morgan fingerprint density at radius 3 is 2.37 bits per heavy atom. The summed E-state index contributed by atoms with van der Waals surface area (Å²) in [4.78, 5) is 35.4. The highest BCUT2D eigenvalue weighted by Crippen LogP contribution is 2.17. The van der Waals surface area contributed by atoms with Crippen molar-refractivity contribution in [3.05, 3.63) is 59.1 Å². The van der Waals surface area contributed by atoms with Crippen LogP contribution in [0, 0.1) is 5.41 Å². The number of nitrogens with one attached hydrogen (secondary N) is 2. The molecule has 0 aliphatic carbocycles. The highest BCUT2D eigenvalue weighted by atomic mass is 16.5. The Morgan fingerprint density at radius 1 is 1.20 bits per heavy atom. The Morgan fingerprint density at radius 2 is 1.83 bits per heavy atom. The molecular weight excluding hydrogens is 394 g/mol. The molecule has 1 aromatic carbocycles. The number of rotatable bonds is 8. The van der Waals surface area contributed by atoms with Crippen LogP contribution in [0.2, 0.25) is 0 Å². The second-order valence-corrected chi connectivity index (χ2v) is 6.39. The third-order valence-corrected chi connectivity index (χ3v) is 3.96. The highest BCUT2D eigenvalue weighted by molar-refractivity contribution is 5.99. The number of nitrogen functional groups attached to an aromatic ring is 1. The van der Waals surface area contributed by atoms with Crippen molar-refractivity contribution >= 4 is 29.8 Å². The quantitative estimate of drug-likeness (QED) is 0.140. The second-order valence-electron chi connectivity index (χ2n) is 6.39. The number of ether oxygens (including phenoxy) is 1. The summed E-state index contributed by atoms with van der Waals surface area (Å²) in [6.45, 7) is 2.67. The van der Waals surface area contributed by atoms with E-state index in [4.69, 9.17) is 25.4 Å². The molecule has 2 rings (SSSR count). The Labute approximate surface area is 171 Å². The van der Waals surface area contributed by atoms with E-state index in [2.05, 4.69) is 5.32 Å². The molecule has 2 aromatic rings. The minimum atomic E-state index is -1.46. The van der Waals surface area contributed by atoms with Gasteiger partial charge in [-0.3, -0.25) is 10.2 Å². The Balaban J connectivity index is 2.05. The molecule has 0 radical (unpaired) electrons. The molecule has 0 bridgehead atoms. The van der Waals surface area contributed by atoms with Crippen molar-refractivity contribution in [3.63, 3.8) is 0 Å². The average Bonchev–Trinajstić information content (AvgIpc) is 3.14. The van der Waals surface area contributed by atoms with E-state index >= 15 is 0 Å². The summed E-state index contributed by atoms with van der Waals surface area (Å²) in [6.07, 6.45) is 0.0306. The molecule has 0 aliphatic rings. The van der Waals surface area contributed by atoms with Crippen LogP contribution in [-0.2, 0) is 9.59 Å². The molecule has 10 nitrogen and oxygen atoms in total. The number of aliphatic carboxylic acids is 1. The lowest BCUT2D eigenvalue weighted by molar-refractivity contribution is -0.144. The van der Waals surface area contributed by atoms with E-state index in [1.54, 1.807) is 0 Å². The number of carboxylic acids is 1. The van der Waals surface area contributed by atoms with E-state index in [-0.39, 0.29) is 28.7 Å². The standard InChI is InChI=1S/C20H21N3O7/c1-10(18(25)23-16(11(2)24)19(26)27)9-14-7-8-15(29-14)20(28)30-13-5-3-12(4-6-13)17(21)22/h3-9,11,16,24H,1-2H3,(H3,21,22)(H,23,25)(H,26,27)/b10-9+/t11?,16-/m0/s1. The molecule has 0 spiro atoms. The van der Waals surface area contributed by atoms with E-state index in [0.717, 1.165) is 0 Å². The van der Waals surface area contributed by atoms with Crippen molar-refractivity contribution in [1.82, 2.24) is 5.32 Å². The van der Waals surface area contributed by atoms with Gasteiger partial charge in [-0.2, -0.15) is 0 Å². The van der Waals surface area contributed by atoms with Crippen LogP contribution in [0.25, 0.3) is 6.08 Å². The summed E-state index contributed by atoms with van der Waals surface area (Å²) in [5.41, 5.74) is 5.95. The summed E-state index contributed by atoms with van der Waals surface area (Å²) in [7, 11) is 0. The molecule has 30 heavy (non-hydrogen) atoms. The van der Waals surface area contributed by atoms with Gasteiger partial charge in [-0.15, -0.1) is 0 Å². The van der Waals surface area contributed by atoms with Crippen molar-refractivity contribution < 1.29 is 33.8 Å². The van der Waals surface area contributed by atoms with Crippen molar-refractivity contribution in [3.8, 4) is 5.75 Å². The summed E-state index contributed by atoms with van der Waals surface area (Å²) in [6, 6.07) is 7.36. The zero-order chi connectivity index (χ0) is 22.4. The third-order valence-electron chi connectivity index (χ3n) is 3.96. The number of aliphatic hydroxyl groups is 1. The van der Waals surface area contributed by atoms with Gasteiger partial charge in [-0.05, 0) is 56.3 Å². The third kappa shape index (κ3) is 5.79. The van der Waals surface area contributed by atoms with Crippen LogP contribution in [0.3, 0.4) is 0 Å². The molecule has 0 saturated carbocycles. The first-order valence-corrected chi connectivity index (χ1v) is 8.75. The zero-order valence-corrected chi connectivity index (χ0v) is 16.2. The highest BCUT2D eigenvalue weighted by Gasteiger charge is 2.25. The number of furan rings is 1. The molecular formula is C20H21N3O7. The van der Waals surface area contributed by atoms with E-state index in [0.29, 0.717) is 5.56 Å². The maximum Gasteiger partial charge on any atom is 0.379 e. The number of nitrogens with two attached hydrogens (primary N) is 1. The molecule has 6 N–H and O–H groups in total. The molecule has 2 atom stereocenters. The number of carboxylic acid groups (broad SMARTS) is 1. The number of amides is 1. The smallest absolute Gasteiger partial charge is 0.379 e. The topological polar surface area (TPSA) is 176 Å². The number of hydrogen-bond donors (Lipinski definition) is 5. The minimum Gasteiger partial charge on any atom is -0.480 e. The van der Waals surface area contributed by atoms with Gasteiger partial charge < -0.3 is 30.4 Å². The lowest BCUT2D eigenvalue weighted by Crippen LogP contribution is -2.47. The fraction of sp³-hybridized carbons (Fsp3) is 0.200. The molecule has 1 heterocycles. The molecule has 1 unspecified atom stereocenters. The number of benzene rings is 1.